The van der Waals surface area contributed by atoms with Gasteiger partial charge in [-0.05, 0) is 53.0 Å². The molecule has 1 aliphatic rings. The third kappa shape index (κ3) is 4.66. The Morgan fingerprint density at radius 3 is 2.35 bits per heavy atom. The van der Waals surface area contributed by atoms with Crippen LogP contribution in [0, 0.1) is 5.92 Å². The van der Waals surface area contributed by atoms with E-state index >= 15 is 0 Å². The summed E-state index contributed by atoms with van der Waals surface area (Å²) >= 11 is 0. The fourth-order valence-corrected chi connectivity index (χ4v) is 2.10. The molecular weight excluding hydrogens is 214 g/mol. The smallest absolute Gasteiger partial charge is 0.323 e. The molecule has 1 atom stereocenters. The average Bonchev–Trinajstić information content (AvgIpc) is 2.13. The lowest BCUT2D eigenvalue weighted by molar-refractivity contribution is -0.161. The van der Waals surface area contributed by atoms with Crippen molar-refractivity contribution >= 4 is 5.97 Å². The van der Waals surface area contributed by atoms with E-state index in [2.05, 4.69) is 11.8 Å². The molecule has 1 fully saturated rings. The van der Waals surface area contributed by atoms with E-state index in [9.17, 15) is 4.79 Å². The second-order valence-electron chi connectivity index (χ2n) is 6.09. The molecule has 100 valence electrons. The van der Waals surface area contributed by atoms with Crippen LogP contribution in [0.2, 0.25) is 0 Å². The Labute approximate surface area is 106 Å². The number of hydrogen-bond donors (Lipinski definition) is 0. The predicted molar refractivity (Wildman–Crippen MR) is 69.9 cm³/mol. The highest BCUT2D eigenvalue weighted by Crippen LogP contribution is 2.27. The SMILES string of the molecule is CCN(CC1CCC1)C(C)C(=O)OC(C)(C)C. The summed E-state index contributed by atoms with van der Waals surface area (Å²) in [6.07, 6.45) is 3.98. The lowest BCUT2D eigenvalue weighted by Gasteiger charge is -2.35. The molecule has 0 aliphatic heterocycles. The zero-order valence-electron chi connectivity index (χ0n) is 12.0. The molecule has 0 aromatic carbocycles. The van der Waals surface area contributed by atoms with Crippen LogP contribution in [0.25, 0.3) is 0 Å². The van der Waals surface area contributed by atoms with Gasteiger partial charge in [0, 0.05) is 6.54 Å². The average molecular weight is 241 g/mol. The van der Waals surface area contributed by atoms with Crippen LogP contribution in [-0.2, 0) is 9.53 Å². The Kier molecular flexibility index (Phi) is 4.99. The molecule has 0 saturated heterocycles. The van der Waals surface area contributed by atoms with Gasteiger partial charge in [0.05, 0.1) is 0 Å². The van der Waals surface area contributed by atoms with Gasteiger partial charge >= 0.3 is 5.97 Å². The van der Waals surface area contributed by atoms with E-state index in [-0.39, 0.29) is 17.6 Å². The predicted octanol–water partition coefficient (Wildman–Crippen LogP) is 2.84. The van der Waals surface area contributed by atoms with Crippen LogP contribution in [0.15, 0.2) is 0 Å². The maximum absolute atomic E-state index is 12.0. The van der Waals surface area contributed by atoms with Crippen LogP contribution in [-0.4, -0.2) is 35.6 Å². The molecule has 1 rings (SSSR count). The highest BCUT2D eigenvalue weighted by molar-refractivity contribution is 5.75. The van der Waals surface area contributed by atoms with E-state index in [4.69, 9.17) is 4.74 Å². The van der Waals surface area contributed by atoms with Gasteiger partial charge in [-0.15, -0.1) is 0 Å². The molecule has 0 amide bonds. The molecule has 17 heavy (non-hydrogen) atoms. The summed E-state index contributed by atoms with van der Waals surface area (Å²) < 4.78 is 5.43. The summed E-state index contributed by atoms with van der Waals surface area (Å²) in [6, 6.07) is -0.125. The lowest BCUT2D eigenvalue weighted by Crippen LogP contribution is -2.45. The third-order valence-electron chi connectivity index (χ3n) is 3.42. The molecule has 0 aromatic rings. The van der Waals surface area contributed by atoms with Crippen molar-refractivity contribution in [3.8, 4) is 0 Å². The Morgan fingerprint density at radius 1 is 1.41 bits per heavy atom. The number of carbonyl (C=O) groups excluding carboxylic acids is 1. The summed E-state index contributed by atoms with van der Waals surface area (Å²) in [4.78, 5) is 14.2. The maximum Gasteiger partial charge on any atom is 0.323 e. The fourth-order valence-electron chi connectivity index (χ4n) is 2.10. The van der Waals surface area contributed by atoms with Crippen molar-refractivity contribution in [1.29, 1.82) is 0 Å². The number of rotatable bonds is 5. The van der Waals surface area contributed by atoms with Gasteiger partial charge in [-0.3, -0.25) is 9.69 Å². The van der Waals surface area contributed by atoms with E-state index < -0.39 is 0 Å². The van der Waals surface area contributed by atoms with Crippen LogP contribution in [0.1, 0.15) is 53.9 Å². The number of nitrogens with zero attached hydrogens (tertiary/aromatic N) is 1. The zero-order chi connectivity index (χ0) is 13.1. The first kappa shape index (κ1) is 14.5. The molecule has 0 radical (unpaired) electrons. The summed E-state index contributed by atoms with van der Waals surface area (Å²) in [5.41, 5.74) is -0.388. The van der Waals surface area contributed by atoms with E-state index in [1.165, 1.54) is 19.3 Å². The highest BCUT2D eigenvalue weighted by atomic mass is 16.6. The number of likely N-dealkylation sites (N-methyl/N-ethyl adjacent to an activating group) is 1. The number of ether oxygens (including phenoxy) is 1. The molecule has 3 heteroatoms. The summed E-state index contributed by atoms with van der Waals surface area (Å²) in [5.74, 6) is 0.693. The first-order valence-electron chi connectivity index (χ1n) is 6.80. The zero-order valence-corrected chi connectivity index (χ0v) is 12.0. The molecule has 3 nitrogen and oxygen atoms in total. The molecule has 1 aliphatic carbocycles. The third-order valence-corrected chi connectivity index (χ3v) is 3.42. The second kappa shape index (κ2) is 5.85. The van der Waals surface area contributed by atoms with E-state index in [1.54, 1.807) is 0 Å². The molecule has 0 aromatic heterocycles. The van der Waals surface area contributed by atoms with Crippen LogP contribution < -0.4 is 0 Å². The Balaban J connectivity index is 2.46. The van der Waals surface area contributed by atoms with Gasteiger partial charge in [-0.25, -0.2) is 0 Å². The van der Waals surface area contributed by atoms with Gasteiger partial charge in [0.15, 0.2) is 0 Å². The molecule has 0 heterocycles. The summed E-state index contributed by atoms with van der Waals surface area (Å²) in [5, 5.41) is 0. The molecule has 1 unspecified atom stereocenters. The van der Waals surface area contributed by atoms with Crippen LogP contribution in [0.4, 0.5) is 0 Å². The largest absolute Gasteiger partial charge is 0.459 e. The normalized spacial score (nSPS) is 18.9. The highest BCUT2D eigenvalue weighted by Gasteiger charge is 2.28. The summed E-state index contributed by atoms with van der Waals surface area (Å²) in [6.45, 7) is 11.8. The number of carbonyl (C=O) groups is 1. The first-order valence-corrected chi connectivity index (χ1v) is 6.80. The maximum atomic E-state index is 12.0. The standard InChI is InChI=1S/C14H27NO2/c1-6-15(10-12-8-7-9-12)11(2)13(16)17-14(3,4)5/h11-12H,6-10H2,1-5H3. The number of hydrogen-bond acceptors (Lipinski definition) is 3. The van der Waals surface area contributed by atoms with Gasteiger partial charge in [0.2, 0.25) is 0 Å². The van der Waals surface area contributed by atoms with Gasteiger partial charge in [0.1, 0.15) is 11.6 Å². The molecule has 0 bridgehead atoms. The Bertz CT molecular complexity index is 253. The molecule has 0 N–H and O–H groups in total. The minimum Gasteiger partial charge on any atom is -0.459 e. The van der Waals surface area contributed by atoms with Crippen molar-refractivity contribution < 1.29 is 9.53 Å². The van der Waals surface area contributed by atoms with Crippen molar-refractivity contribution in [2.24, 2.45) is 5.92 Å². The quantitative estimate of drug-likeness (QED) is 0.693. The molecular formula is C14H27NO2. The topological polar surface area (TPSA) is 29.5 Å². The minimum absolute atomic E-state index is 0.0985. The van der Waals surface area contributed by atoms with Gasteiger partial charge in [-0.2, -0.15) is 0 Å². The monoisotopic (exact) mass is 241 g/mol. The Hall–Kier alpha value is -0.570. The van der Waals surface area contributed by atoms with Crippen molar-refractivity contribution in [3.63, 3.8) is 0 Å². The van der Waals surface area contributed by atoms with Crippen molar-refractivity contribution in [2.45, 2.75) is 65.5 Å². The van der Waals surface area contributed by atoms with Gasteiger partial charge < -0.3 is 4.74 Å². The van der Waals surface area contributed by atoms with Crippen LogP contribution in [0.3, 0.4) is 0 Å². The van der Waals surface area contributed by atoms with E-state index in [1.807, 2.05) is 27.7 Å². The van der Waals surface area contributed by atoms with Crippen molar-refractivity contribution in [2.75, 3.05) is 13.1 Å². The second-order valence-corrected chi connectivity index (χ2v) is 6.09. The van der Waals surface area contributed by atoms with E-state index in [0.717, 1.165) is 19.0 Å². The summed E-state index contributed by atoms with van der Waals surface area (Å²) in [7, 11) is 0. The molecule has 1 saturated carbocycles. The minimum atomic E-state index is -0.388. The number of esters is 1. The van der Waals surface area contributed by atoms with Crippen LogP contribution in [0.5, 0.6) is 0 Å². The van der Waals surface area contributed by atoms with Gasteiger partial charge in [0.25, 0.3) is 0 Å². The lowest BCUT2D eigenvalue weighted by atomic mass is 9.85. The first-order chi connectivity index (χ1) is 7.83. The van der Waals surface area contributed by atoms with Crippen molar-refractivity contribution in [1.82, 2.24) is 4.90 Å². The van der Waals surface area contributed by atoms with Gasteiger partial charge in [-0.1, -0.05) is 13.3 Å². The fraction of sp³-hybridized carbons (Fsp3) is 0.929. The van der Waals surface area contributed by atoms with Crippen LogP contribution >= 0.6 is 0 Å². The Morgan fingerprint density at radius 2 is 2.00 bits per heavy atom. The van der Waals surface area contributed by atoms with E-state index in [0.29, 0.717) is 0 Å². The molecule has 0 spiro atoms. The van der Waals surface area contributed by atoms with Crippen molar-refractivity contribution in [3.05, 3.63) is 0 Å².